The van der Waals surface area contributed by atoms with E-state index in [-0.39, 0.29) is 0 Å². The van der Waals surface area contributed by atoms with Crippen molar-refractivity contribution in [1.29, 1.82) is 0 Å². The first-order chi connectivity index (χ1) is 11.9. The van der Waals surface area contributed by atoms with Gasteiger partial charge in [0.2, 0.25) is 0 Å². The predicted octanol–water partition coefficient (Wildman–Crippen LogP) is 4.75. The van der Waals surface area contributed by atoms with E-state index >= 15 is 0 Å². The van der Waals surface area contributed by atoms with Crippen LogP contribution in [0.3, 0.4) is 0 Å². The zero-order valence-corrected chi connectivity index (χ0v) is 13.0. The molecule has 0 spiro atoms. The number of aromatic amines is 1. The van der Waals surface area contributed by atoms with E-state index in [1.165, 1.54) is 5.56 Å². The molecule has 24 heavy (non-hydrogen) atoms. The maximum Gasteiger partial charge on any atom is 0.114 e. The molecule has 1 aliphatic heterocycles. The Hall–Kier alpha value is -3.40. The molecule has 2 aromatic carbocycles. The summed E-state index contributed by atoms with van der Waals surface area (Å²) in [4.78, 5) is 11.6. The summed E-state index contributed by atoms with van der Waals surface area (Å²) in [6.45, 7) is 0. The van der Waals surface area contributed by atoms with Gasteiger partial charge in [0.1, 0.15) is 5.52 Å². The number of imidazole rings is 1. The number of anilines is 1. The van der Waals surface area contributed by atoms with Crippen LogP contribution >= 0.6 is 0 Å². The van der Waals surface area contributed by atoms with Gasteiger partial charge in [0.25, 0.3) is 0 Å². The van der Waals surface area contributed by atoms with Gasteiger partial charge >= 0.3 is 0 Å². The van der Waals surface area contributed by atoms with Gasteiger partial charge in [-0.3, -0.25) is 4.98 Å². The fourth-order valence-corrected chi connectivity index (χ4v) is 2.67. The first-order valence-electron chi connectivity index (χ1n) is 7.77. The third-order valence-corrected chi connectivity index (χ3v) is 3.84. The molecule has 4 aromatic rings. The Kier molecular flexibility index (Phi) is 3.78. The molecule has 0 bridgehead atoms. The quantitative estimate of drug-likeness (QED) is 0.492. The smallest absolute Gasteiger partial charge is 0.114 e. The van der Waals surface area contributed by atoms with Crippen molar-refractivity contribution in [3.8, 4) is 0 Å². The Labute approximate surface area is 139 Å². The van der Waals surface area contributed by atoms with Crippen LogP contribution in [0.15, 0.2) is 79.4 Å². The molecule has 1 aliphatic rings. The van der Waals surface area contributed by atoms with E-state index in [0.29, 0.717) is 0 Å². The van der Waals surface area contributed by atoms with Gasteiger partial charge in [0, 0.05) is 23.5 Å². The summed E-state index contributed by atoms with van der Waals surface area (Å²) in [6.07, 6.45) is 11.5. The molecular formula is C20H16N4. The van der Waals surface area contributed by atoms with Gasteiger partial charge in [-0.1, -0.05) is 42.5 Å². The Morgan fingerprint density at radius 3 is 2.75 bits per heavy atom. The number of fused-ring (bicyclic) bond motifs is 4. The highest BCUT2D eigenvalue weighted by Gasteiger charge is 2.01. The number of hydrogen-bond donors (Lipinski definition) is 2. The molecule has 0 amide bonds. The first-order valence-corrected chi connectivity index (χ1v) is 7.77. The number of nitrogens with one attached hydrogen (secondary N) is 2. The van der Waals surface area contributed by atoms with Crippen LogP contribution in [0.2, 0.25) is 0 Å². The minimum absolute atomic E-state index is 0.943. The predicted molar refractivity (Wildman–Crippen MR) is 99.6 cm³/mol. The van der Waals surface area contributed by atoms with E-state index in [9.17, 15) is 0 Å². The number of rotatable bonds is 0. The van der Waals surface area contributed by atoms with Crippen LogP contribution < -0.4 is 5.32 Å². The Bertz CT molecular complexity index is 1040. The Balaban J connectivity index is 0.000000123. The topological polar surface area (TPSA) is 53.6 Å². The van der Waals surface area contributed by atoms with Crippen molar-refractivity contribution in [2.24, 2.45) is 0 Å². The molecule has 0 fully saturated rings. The number of hydrogen-bond acceptors (Lipinski definition) is 3. The molecule has 0 aliphatic carbocycles. The van der Waals surface area contributed by atoms with E-state index in [2.05, 4.69) is 38.5 Å². The second-order valence-corrected chi connectivity index (χ2v) is 5.39. The van der Waals surface area contributed by atoms with Crippen LogP contribution in [0.25, 0.3) is 28.0 Å². The van der Waals surface area contributed by atoms with Crippen LogP contribution in [0.1, 0.15) is 5.56 Å². The van der Waals surface area contributed by atoms with Crippen molar-refractivity contribution >= 4 is 33.7 Å². The van der Waals surface area contributed by atoms with E-state index in [1.54, 1.807) is 12.5 Å². The zero-order valence-electron chi connectivity index (χ0n) is 13.0. The number of pyridine rings is 1. The highest BCUT2D eigenvalue weighted by Crippen LogP contribution is 2.19. The minimum Gasteiger partial charge on any atom is -0.361 e. The van der Waals surface area contributed by atoms with Crippen molar-refractivity contribution < 1.29 is 0 Å². The maximum absolute atomic E-state index is 4.30. The number of nitrogens with zero attached hydrogens (tertiary/aromatic N) is 2. The molecule has 2 aromatic heterocycles. The molecule has 0 atom stereocenters. The summed E-state index contributed by atoms with van der Waals surface area (Å²) in [5, 5.41) is 4.31. The maximum atomic E-state index is 4.30. The molecule has 5 rings (SSSR count). The molecule has 0 unspecified atom stereocenters. The van der Waals surface area contributed by atoms with Gasteiger partial charge in [-0.05, 0) is 29.8 Å². The zero-order chi connectivity index (χ0) is 16.2. The molecule has 4 nitrogen and oxygen atoms in total. The van der Waals surface area contributed by atoms with Crippen LogP contribution in [0.4, 0.5) is 5.69 Å². The van der Waals surface area contributed by atoms with Crippen LogP contribution in [0.5, 0.6) is 0 Å². The fraction of sp³-hybridized carbons (Fsp3) is 0. The number of aromatic nitrogens is 3. The van der Waals surface area contributed by atoms with Crippen molar-refractivity contribution in [2.45, 2.75) is 0 Å². The molecule has 0 saturated heterocycles. The molecular weight excluding hydrogens is 296 g/mol. The third-order valence-electron chi connectivity index (χ3n) is 3.84. The van der Waals surface area contributed by atoms with Crippen LogP contribution in [-0.4, -0.2) is 15.0 Å². The lowest BCUT2D eigenvalue weighted by atomic mass is 10.2. The standard InChI is InChI=1S/C10H7N3.C10H9N/c1-2-7-3-4-8-10(13-6-12-8)9(7)11-5-1;1-2-7-10-9(5-1)6-3-4-8-11-10/h1-6H,(H,12,13);1-8,11H. The first kappa shape index (κ1) is 14.2. The number of allylic oxidation sites excluding steroid dienone is 2. The monoisotopic (exact) mass is 312 g/mol. The molecule has 0 saturated carbocycles. The van der Waals surface area contributed by atoms with Crippen molar-refractivity contribution in [2.75, 3.05) is 5.32 Å². The average molecular weight is 312 g/mol. The number of para-hydroxylation sites is 1. The van der Waals surface area contributed by atoms with Crippen molar-refractivity contribution in [1.82, 2.24) is 15.0 Å². The molecule has 116 valence electrons. The Morgan fingerprint density at radius 1 is 0.792 bits per heavy atom. The van der Waals surface area contributed by atoms with Crippen molar-refractivity contribution in [3.05, 3.63) is 85.0 Å². The van der Waals surface area contributed by atoms with Gasteiger partial charge in [-0.15, -0.1) is 0 Å². The van der Waals surface area contributed by atoms with E-state index in [1.807, 2.05) is 54.8 Å². The molecule has 3 heterocycles. The highest BCUT2D eigenvalue weighted by atomic mass is 14.9. The van der Waals surface area contributed by atoms with Gasteiger partial charge < -0.3 is 10.3 Å². The summed E-state index contributed by atoms with van der Waals surface area (Å²) in [6, 6.07) is 16.3. The summed E-state index contributed by atoms with van der Waals surface area (Å²) < 4.78 is 0. The van der Waals surface area contributed by atoms with Crippen molar-refractivity contribution in [3.63, 3.8) is 0 Å². The minimum atomic E-state index is 0.943. The second kappa shape index (κ2) is 6.38. The van der Waals surface area contributed by atoms with E-state index in [0.717, 1.165) is 27.6 Å². The number of H-pyrrole nitrogens is 1. The molecule has 0 radical (unpaired) electrons. The van der Waals surface area contributed by atoms with Gasteiger partial charge in [0.15, 0.2) is 0 Å². The third kappa shape index (κ3) is 2.77. The van der Waals surface area contributed by atoms with Crippen LogP contribution in [-0.2, 0) is 0 Å². The normalized spacial score (nSPS) is 12.2. The molecule has 2 N–H and O–H groups in total. The van der Waals surface area contributed by atoms with E-state index in [4.69, 9.17) is 0 Å². The highest BCUT2D eigenvalue weighted by molar-refractivity contribution is 6.01. The largest absolute Gasteiger partial charge is 0.361 e. The second-order valence-electron chi connectivity index (χ2n) is 5.39. The summed E-state index contributed by atoms with van der Waals surface area (Å²) in [7, 11) is 0. The summed E-state index contributed by atoms with van der Waals surface area (Å²) >= 11 is 0. The number of benzene rings is 2. The lowest BCUT2D eigenvalue weighted by Crippen LogP contribution is -1.87. The van der Waals surface area contributed by atoms with E-state index < -0.39 is 0 Å². The summed E-state index contributed by atoms with van der Waals surface area (Å²) in [5.41, 5.74) is 5.33. The van der Waals surface area contributed by atoms with Gasteiger partial charge in [0.05, 0.1) is 17.4 Å². The van der Waals surface area contributed by atoms with Gasteiger partial charge in [-0.25, -0.2) is 4.98 Å². The summed E-state index contributed by atoms with van der Waals surface area (Å²) in [5.74, 6) is 0. The Morgan fingerprint density at radius 2 is 1.75 bits per heavy atom. The lowest BCUT2D eigenvalue weighted by Gasteiger charge is -2.01. The van der Waals surface area contributed by atoms with Gasteiger partial charge in [-0.2, -0.15) is 0 Å². The molecule has 4 heteroatoms. The SMILES string of the molecule is C1=CNc2ccccc2C=C1.c1cnc2c(c1)ccc1[nH]cnc12. The lowest BCUT2D eigenvalue weighted by molar-refractivity contribution is 1.34. The van der Waals surface area contributed by atoms with Crippen LogP contribution in [0, 0.1) is 0 Å². The average Bonchev–Trinajstić information content (AvgIpc) is 3.00. The fourth-order valence-electron chi connectivity index (χ4n) is 2.67.